The van der Waals surface area contributed by atoms with E-state index in [1.165, 1.54) is 53.5 Å². The Morgan fingerprint density at radius 2 is 1.82 bits per heavy atom. The number of thioether (sulfide) groups is 1. The number of hydrogen-bond donors (Lipinski definition) is 3. The molecule has 1 amide bonds. The Morgan fingerprint density at radius 1 is 1.06 bits per heavy atom. The van der Waals surface area contributed by atoms with E-state index in [2.05, 4.69) is 62.6 Å². The van der Waals surface area contributed by atoms with Gasteiger partial charge in [0.05, 0.1) is 51.8 Å². The van der Waals surface area contributed by atoms with Crippen molar-refractivity contribution in [1.29, 1.82) is 0 Å². The summed E-state index contributed by atoms with van der Waals surface area (Å²) in [5.74, 6) is -0.815. The number of nitro benzene ring substituents is 1. The van der Waals surface area contributed by atoms with Crippen LogP contribution in [0.1, 0.15) is 106 Å². The molecule has 10 rings (SSSR count). The second-order valence-corrected chi connectivity index (χ2v) is 22.8. The van der Waals surface area contributed by atoms with Gasteiger partial charge in [-0.15, -0.1) is 11.8 Å². The summed E-state index contributed by atoms with van der Waals surface area (Å²) < 4.78 is 63.1. The third-order valence-electron chi connectivity index (χ3n) is 15.1. The van der Waals surface area contributed by atoms with Crippen LogP contribution >= 0.6 is 11.8 Å². The number of halogens is 1. The van der Waals surface area contributed by atoms with Crippen LogP contribution in [0.5, 0.6) is 17.2 Å². The molecule has 4 fully saturated rings. The number of H-pyrrole nitrogens is 1. The molecule has 5 heterocycles. The number of aromatic amines is 1. The number of carbonyl (C=O) groups excluding carboxylic acids is 1. The molecule has 2 saturated heterocycles. The van der Waals surface area contributed by atoms with E-state index in [1.807, 2.05) is 6.92 Å². The first-order valence-corrected chi connectivity index (χ1v) is 25.9. The zero-order chi connectivity index (χ0) is 47.5. The minimum atomic E-state index is -4.70. The number of aromatic nitrogens is 2. The van der Waals surface area contributed by atoms with E-state index in [0.717, 1.165) is 76.5 Å². The predicted molar refractivity (Wildman–Crippen MR) is 256 cm³/mol. The average molecular weight is 969 g/mol. The second kappa shape index (κ2) is 18.2. The van der Waals surface area contributed by atoms with Crippen molar-refractivity contribution in [2.75, 3.05) is 44.4 Å². The number of pyridine rings is 1. The van der Waals surface area contributed by atoms with Gasteiger partial charge in [-0.25, -0.2) is 22.5 Å². The highest BCUT2D eigenvalue weighted by Crippen LogP contribution is 2.54. The summed E-state index contributed by atoms with van der Waals surface area (Å²) in [6.45, 7) is 10.3. The lowest BCUT2D eigenvalue weighted by atomic mass is 9.59. The minimum Gasteiger partial charge on any atom is -0.491 e. The minimum absolute atomic E-state index is 0.0164. The van der Waals surface area contributed by atoms with Crippen LogP contribution in [0.25, 0.3) is 11.0 Å². The number of anilines is 1. The van der Waals surface area contributed by atoms with Gasteiger partial charge in [-0.3, -0.25) is 19.8 Å². The monoisotopic (exact) mass is 968 g/mol. The zero-order valence-corrected chi connectivity index (χ0v) is 40.0. The van der Waals surface area contributed by atoms with Crippen molar-refractivity contribution in [3.8, 4) is 17.2 Å². The maximum absolute atomic E-state index is 14.7. The number of morpholine rings is 1. The Hall–Kier alpha value is -5.27. The van der Waals surface area contributed by atoms with E-state index in [0.29, 0.717) is 37.1 Å². The molecule has 2 aliphatic carbocycles. The van der Waals surface area contributed by atoms with Gasteiger partial charge in [-0.05, 0) is 105 Å². The molecule has 360 valence electrons. The first kappa shape index (κ1) is 46.5. The molecule has 2 saturated carbocycles. The molecule has 0 radical (unpaired) electrons. The van der Waals surface area contributed by atoms with Gasteiger partial charge in [-0.1, -0.05) is 38.1 Å². The third kappa shape index (κ3) is 9.17. The molecule has 2 atom stereocenters. The van der Waals surface area contributed by atoms with E-state index in [9.17, 15) is 32.8 Å². The number of nitrogens with one attached hydrogen (secondary N) is 2. The standard InChI is InChI=1S/C50H57FN6O9S2/c1-30(2)36-6-4-5-7-37(36)42-28-64-19-18-56(42)33-24-50(25-33)14-16-55(17-15-50)32-8-9-38(43(20-32)66-34-21-39-40(51)27-53-47(39)52-26-34)48(58)54-68(62,63)35-22-41(57(60)61)46-44(23-35)65-29-45(67-46)31-10-12-49(3,59)13-11-31/h4-9,20-23,26-27,30-31,33,42,45,59H,10-19,24-25,28-29H2,1-3H3,(H,52,53)(H,54,58)/t31-,42-,45-,49-/m1/s1. The van der Waals surface area contributed by atoms with Gasteiger partial charge in [0.15, 0.2) is 0 Å². The van der Waals surface area contributed by atoms with Gasteiger partial charge in [-0.2, -0.15) is 0 Å². The number of hydrogen-bond acceptors (Lipinski definition) is 13. The van der Waals surface area contributed by atoms with Gasteiger partial charge in [0.2, 0.25) is 0 Å². The summed E-state index contributed by atoms with van der Waals surface area (Å²) in [6.07, 6.45) is 9.43. The highest BCUT2D eigenvalue weighted by molar-refractivity contribution is 8.00. The molecule has 3 aliphatic heterocycles. The largest absolute Gasteiger partial charge is 0.491 e. The van der Waals surface area contributed by atoms with Crippen molar-refractivity contribution in [2.45, 2.75) is 111 Å². The van der Waals surface area contributed by atoms with Gasteiger partial charge in [0, 0.05) is 61.0 Å². The normalized spacial score (nSPS) is 24.3. The molecule has 1 spiro atoms. The summed E-state index contributed by atoms with van der Waals surface area (Å²) in [5, 5.41) is 22.9. The fourth-order valence-corrected chi connectivity index (χ4v) is 13.5. The van der Waals surface area contributed by atoms with Gasteiger partial charge >= 0.3 is 0 Å². The van der Waals surface area contributed by atoms with Crippen LogP contribution in [-0.2, 0) is 14.8 Å². The van der Waals surface area contributed by atoms with Crippen LogP contribution in [0.3, 0.4) is 0 Å². The van der Waals surface area contributed by atoms with Crippen molar-refractivity contribution < 1.29 is 41.8 Å². The molecular weight excluding hydrogens is 912 g/mol. The van der Waals surface area contributed by atoms with Crippen LogP contribution in [0.15, 0.2) is 82.8 Å². The van der Waals surface area contributed by atoms with Gasteiger partial charge in [0.1, 0.15) is 40.2 Å². The summed E-state index contributed by atoms with van der Waals surface area (Å²) in [4.78, 5) is 37.5. The van der Waals surface area contributed by atoms with E-state index in [4.69, 9.17) is 14.2 Å². The molecule has 0 unspecified atom stereocenters. The highest BCUT2D eigenvalue weighted by atomic mass is 32.2. The number of aliphatic hydroxyl groups is 1. The number of fused-ring (bicyclic) bond motifs is 2. The maximum Gasteiger partial charge on any atom is 0.288 e. The molecule has 3 N–H and O–H groups in total. The average Bonchev–Trinajstić information content (AvgIpc) is 3.69. The molecule has 68 heavy (non-hydrogen) atoms. The number of sulfonamides is 1. The summed E-state index contributed by atoms with van der Waals surface area (Å²) in [7, 11) is -4.70. The predicted octanol–water partition coefficient (Wildman–Crippen LogP) is 9.26. The van der Waals surface area contributed by atoms with E-state index in [-0.39, 0.29) is 62.3 Å². The first-order chi connectivity index (χ1) is 32.6. The summed E-state index contributed by atoms with van der Waals surface area (Å²) in [5.41, 5.74) is 2.69. The van der Waals surface area contributed by atoms with E-state index < -0.39 is 42.9 Å². The molecule has 18 heteroatoms. The first-order valence-electron chi connectivity index (χ1n) is 23.6. The number of benzene rings is 3. The van der Waals surface area contributed by atoms with E-state index in [1.54, 1.807) is 12.1 Å². The Kier molecular flexibility index (Phi) is 12.5. The fourth-order valence-electron chi connectivity index (χ4n) is 11.1. The second-order valence-electron chi connectivity index (χ2n) is 19.9. The van der Waals surface area contributed by atoms with Gasteiger partial charge in [0.25, 0.3) is 21.6 Å². The lowest BCUT2D eigenvalue weighted by Crippen LogP contribution is -2.58. The van der Waals surface area contributed by atoms with Crippen LogP contribution in [0, 0.1) is 27.3 Å². The lowest BCUT2D eigenvalue weighted by Gasteiger charge is -2.57. The molecule has 5 aromatic rings. The molecule has 3 aromatic carbocycles. The highest BCUT2D eigenvalue weighted by Gasteiger charge is 2.50. The zero-order valence-electron chi connectivity index (χ0n) is 38.4. The Balaban J connectivity index is 0.864. The summed E-state index contributed by atoms with van der Waals surface area (Å²) >= 11 is 1.29. The topological polar surface area (TPSA) is 189 Å². The van der Waals surface area contributed by atoms with E-state index >= 15 is 0 Å². The number of carbonyl (C=O) groups is 1. The lowest BCUT2D eigenvalue weighted by molar-refractivity contribution is -0.388. The molecule has 5 aliphatic rings. The number of rotatable bonds is 11. The molecular formula is C50H57FN6O9S2. The SMILES string of the molecule is CC(C)c1ccccc1[C@H]1COCCN1C1CC2(CCN(c3ccc(C(=O)NS(=O)(=O)c4cc5c(c([N+](=O)[O-])c4)S[C@@H]([C@H]4CC[C@](C)(O)CC4)CO5)c(Oc4cnc5[nH]cc(F)c5c4)c3)CC2)C1. The number of ether oxygens (including phenoxy) is 3. The van der Waals surface area contributed by atoms with Crippen molar-refractivity contribution in [1.82, 2.24) is 19.6 Å². The number of nitrogens with zero attached hydrogens (tertiary/aromatic N) is 4. The molecule has 2 aromatic heterocycles. The smallest absolute Gasteiger partial charge is 0.288 e. The summed E-state index contributed by atoms with van der Waals surface area (Å²) in [6, 6.07) is 18.0. The number of nitro groups is 1. The molecule has 0 bridgehead atoms. The van der Waals surface area contributed by atoms with Crippen molar-refractivity contribution in [3.63, 3.8) is 0 Å². The quantitative estimate of drug-likeness (QED) is 0.0840. The third-order valence-corrected chi connectivity index (χ3v) is 17.9. The Morgan fingerprint density at radius 3 is 2.57 bits per heavy atom. The Labute approximate surface area is 399 Å². The molecule has 15 nitrogen and oxygen atoms in total. The number of amides is 1. The van der Waals surface area contributed by atoms with Crippen LogP contribution < -0.4 is 19.1 Å². The van der Waals surface area contributed by atoms with Crippen molar-refractivity contribution in [3.05, 3.63) is 106 Å². The fraction of sp³-hybridized carbons (Fsp3) is 0.480. The van der Waals surface area contributed by atoms with Crippen LogP contribution in [-0.4, -0.2) is 95.6 Å². The van der Waals surface area contributed by atoms with Crippen molar-refractivity contribution in [2.24, 2.45) is 11.3 Å². The van der Waals surface area contributed by atoms with Crippen LogP contribution in [0.4, 0.5) is 15.8 Å². The van der Waals surface area contributed by atoms with Crippen molar-refractivity contribution >= 4 is 50.1 Å². The van der Waals surface area contributed by atoms with Gasteiger partial charge < -0.3 is 29.2 Å². The Bertz CT molecular complexity index is 2850. The number of piperidine rings is 1. The maximum atomic E-state index is 14.7. The van der Waals surface area contributed by atoms with Crippen LogP contribution in [0.2, 0.25) is 0 Å².